The molecule has 8 heteroatoms. The van der Waals surface area contributed by atoms with Gasteiger partial charge < -0.3 is 10.6 Å². The molecule has 1 atom stereocenters. The number of rotatable bonds is 4. The minimum absolute atomic E-state index is 0.0265. The maximum atomic E-state index is 12.3. The Bertz CT molecular complexity index is 541. The van der Waals surface area contributed by atoms with E-state index < -0.39 is 10.0 Å². The van der Waals surface area contributed by atoms with Crippen molar-refractivity contribution in [1.29, 1.82) is 0 Å². The fourth-order valence-electron chi connectivity index (χ4n) is 2.36. The van der Waals surface area contributed by atoms with Crippen molar-refractivity contribution >= 4 is 26.5 Å². The topological polar surface area (TPSA) is 88.3 Å². The molecule has 2 rings (SSSR count). The molecule has 0 saturated carbocycles. The van der Waals surface area contributed by atoms with Crippen molar-refractivity contribution in [2.24, 2.45) is 0 Å². The van der Waals surface area contributed by atoms with Crippen molar-refractivity contribution in [1.82, 2.24) is 14.6 Å². The lowest BCUT2D eigenvalue weighted by Crippen LogP contribution is -2.47. The van der Waals surface area contributed by atoms with E-state index in [2.05, 4.69) is 21.5 Å². The number of nitrogens with zero attached hydrogens (tertiary/aromatic N) is 2. The second-order valence-electron chi connectivity index (χ2n) is 4.78. The van der Waals surface area contributed by atoms with Crippen LogP contribution >= 0.6 is 11.3 Å². The van der Waals surface area contributed by atoms with Gasteiger partial charge >= 0.3 is 0 Å². The summed E-state index contributed by atoms with van der Waals surface area (Å²) in [6, 6.07) is -0.0265. The van der Waals surface area contributed by atoms with Crippen LogP contribution in [0.5, 0.6) is 0 Å². The summed E-state index contributed by atoms with van der Waals surface area (Å²) in [5.74, 6) is 0. The Labute approximate surface area is 118 Å². The quantitative estimate of drug-likeness (QED) is 0.859. The highest BCUT2D eigenvalue weighted by Crippen LogP contribution is 2.25. The Morgan fingerprint density at radius 1 is 1.58 bits per heavy atom. The van der Waals surface area contributed by atoms with Gasteiger partial charge in [0.25, 0.3) is 10.0 Å². The molecule has 1 aliphatic rings. The van der Waals surface area contributed by atoms with Gasteiger partial charge in [0.2, 0.25) is 0 Å². The smallest absolute Gasteiger partial charge is 0.252 e. The van der Waals surface area contributed by atoms with Crippen LogP contribution in [0.25, 0.3) is 0 Å². The van der Waals surface area contributed by atoms with E-state index in [0.717, 1.165) is 43.8 Å². The summed E-state index contributed by atoms with van der Waals surface area (Å²) in [6.45, 7) is 6.51. The Kier molecular flexibility index (Phi) is 4.44. The fraction of sp³-hybridized carbons (Fsp3) is 0.727. The van der Waals surface area contributed by atoms with Gasteiger partial charge in [0.15, 0.2) is 9.34 Å². The number of likely N-dealkylation sites (tertiary alicyclic amines) is 1. The van der Waals surface area contributed by atoms with Crippen molar-refractivity contribution in [3.05, 3.63) is 5.69 Å². The molecule has 3 N–H and O–H groups in total. The van der Waals surface area contributed by atoms with E-state index in [9.17, 15) is 8.42 Å². The standard InChI is InChI=1S/C11H20N4O2S2/c1-3-15-6-4-5-9(7-15)14-19(16,17)10-8(2)13-11(12)18-10/h9,14H,3-7H2,1-2H3,(H2,12,13). The third kappa shape index (κ3) is 3.44. The van der Waals surface area contributed by atoms with Gasteiger partial charge in [0.1, 0.15) is 0 Å². The number of hydrogen-bond donors (Lipinski definition) is 2. The van der Waals surface area contributed by atoms with Crippen molar-refractivity contribution in [2.75, 3.05) is 25.4 Å². The van der Waals surface area contributed by atoms with Crippen LogP contribution in [0.15, 0.2) is 4.21 Å². The SMILES string of the molecule is CCN1CCCC(NS(=O)(=O)c2sc(N)nc2C)C1. The van der Waals surface area contributed by atoms with Gasteiger partial charge in [-0.25, -0.2) is 18.1 Å². The summed E-state index contributed by atoms with van der Waals surface area (Å²) in [5.41, 5.74) is 6.03. The minimum atomic E-state index is -3.50. The molecule has 2 heterocycles. The second-order valence-corrected chi connectivity index (χ2v) is 7.72. The van der Waals surface area contributed by atoms with Crippen LogP contribution in [-0.2, 0) is 10.0 Å². The zero-order chi connectivity index (χ0) is 14.0. The van der Waals surface area contributed by atoms with E-state index in [0.29, 0.717) is 5.69 Å². The predicted molar refractivity (Wildman–Crippen MR) is 76.7 cm³/mol. The average molecular weight is 304 g/mol. The second kappa shape index (κ2) is 5.74. The van der Waals surface area contributed by atoms with Crippen molar-refractivity contribution in [2.45, 2.75) is 36.9 Å². The first-order valence-corrected chi connectivity index (χ1v) is 8.70. The van der Waals surface area contributed by atoms with Crippen LogP contribution < -0.4 is 10.5 Å². The van der Waals surface area contributed by atoms with Gasteiger partial charge in [-0.1, -0.05) is 18.3 Å². The largest absolute Gasteiger partial charge is 0.375 e. The zero-order valence-corrected chi connectivity index (χ0v) is 12.9. The number of anilines is 1. The summed E-state index contributed by atoms with van der Waals surface area (Å²) in [5, 5.41) is 0.289. The van der Waals surface area contributed by atoms with Crippen LogP contribution in [0.3, 0.4) is 0 Å². The normalized spacial score (nSPS) is 21.7. The number of nitrogens with two attached hydrogens (primary N) is 1. The maximum absolute atomic E-state index is 12.3. The number of aryl methyl sites for hydroxylation is 1. The predicted octanol–water partition coefficient (Wildman–Crippen LogP) is 0.796. The van der Waals surface area contributed by atoms with E-state index in [1.165, 1.54) is 0 Å². The molecule has 1 unspecified atom stereocenters. The third-order valence-electron chi connectivity index (χ3n) is 3.29. The molecule has 108 valence electrons. The summed E-state index contributed by atoms with van der Waals surface area (Å²) in [7, 11) is -3.50. The van der Waals surface area contributed by atoms with Gasteiger partial charge in [-0.05, 0) is 32.9 Å². The molecule has 19 heavy (non-hydrogen) atoms. The zero-order valence-electron chi connectivity index (χ0n) is 11.2. The lowest BCUT2D eigenvalue weighted by Gasteiger charge is -2.31. The van der Waals surface area contributed by atoms with E-state index >= 15 is 0 Å². The molecule has 1 saturated heterocycles. The number of nitrogen functional groups attached to an aromatic ring is 1. The third-order valence-corrected chi connectivity index (χ3v) is 6.41. The summed E-state index contributed by atoms with van der Waals surface area (Å²) >= 11 is 1.02. The lowest BCUT2D eigenvalue weighted by molar-refractivity contribution is 0.211. The first kappa shape index (κ1) is 14.7. The molecule has 0 bridgehead atoms. The monoisotopic (exact) mass is 304 g/mol. The molecular weight excluding hydrogens is 284 g/mol. The molecule has 0 aliphatic carbocycles. The summed E-state index contributed by atoms with van der Waals surface area (Å²) in [4.78, 5) is 6.22. The molecule has 1 aliphatic heterocycles. The van der Waals surface area contributed by atoms with E-state index in [4.69, 9.17) is 5.73 Å². The van der Waals surface area contributed by atoms with Gasteiger partial charge in [-0.15, -0.1) is 0 Å². The Morgan fingerprint density at radius 3 is 2.89 bits per heavy atom. The lowest BCUT2D eigenvalue weighted by atomic mass is 10.1. The molecule has 1 aromatic rings. The highest BCUT2D eigenvalue weighted by molar-refractivity contribution is 7.91. The number of aromatic nitrogens is 1. The van der Waals surface area contributed by atoms with Crippen LogP contribution in [-0.4, -0.2) is 44.0 Å². The van der Waals surface area contributed by atoms with E-state index in [-0.39, 0.29) is 15.4 Å². The maximum Gasteiger partial charge on any atom is 0.252 e. The van der Waals surface area contributed by atoms with Crippen LogP contribution in [0, 0.1) is 6.92 Å². The molecule has 1 fully saturated rings. The number of nitrogens with one attached hydrogen (secondary N) is 1. The molecular formula is C11H20N4O2S2. The number of sulfonamides is 1. The van der Waals surface area contributed by atoms with Crippen LogP contribution in [0.2, 0.25) is 0 Å². The minimum Gasteiger partial charge on any atom is -0.375 e. The average Bonchev–Trinajstić information content (AvgIpc) is 2.69. The van der Waals surface area contributed by atoms with Gasteiger partial charge in [-0.2, -0.15) is 0 Å². The molecule has 0 amide bonds. The van der Waals surface area contributed by atoms with Gasteiger partial charge in [0.05, 0.1) is 5.69 Å². The van der Waals surface area contributed by atoms with Crippen molar-refractivity contribution in [3.63, 3.8) is 0 Å². The van der Waals surface area contributed by atoms with E-state index in [1.54, 1.807) is 6.92 Å². The fourth-order valence-corrected chi connectivity index (χ4v) is 4.94. The molecule has 0 spiro atoms. The highest BCUT2D eigenvalue weighted by Gasteiger charge is 2.27. The molecule has 0 aromatic carbocycles. The van der Waals surface area contributed by atoms with Crippen LogP contribution in [0.1, 0.15) is 25.5 Å². The first-order chi connectivity index (χ1) is 8.92. The van der Waals surface area contributed by atoms with E-state index in [1.807, 2.05) is 0 Å². The highest BCUT2D eigenvalue weighted by atomic mass is 32.2. The Balaban J connectivity index is 2.11. The Hall–Kier alpha value is -0.700. The molecule has 0 radical (unpaired) electrons. The van der Waals surface area contributed by atoms with Gasteiger partial charge in [-0.3, -0.25) is 0 Å². The van der Waals surface area contributed by atoms with Gasteiger partial charge in [0, 0.05) is 12.6 Å². The Morgan fingerprint density at radius 2 is 2.32 bits per heavy atom. The van der Waals surface area contributed by atoms with Crippen molar-refractivity contribution in [3.8, 4) is 0 Å². The molecule has 6 nitrogen and oxygen atoms in total. The number of piperidine rings is 1. The van der Waals surface area contributed by atoms with Crippen molar-refractivity contribution < 1.29 is 8.42 Å². The number of likely N-dealkylation sites (N-methyl/N-ethyl adjacent to an activating group) is 1. The summed E-state index contributed by atoms with van der Waals surface area (Å²) < 4.78 is 27.6. The number of thiazole rings is 1. The first-order valence-electron chi connectivity index (χ1n) is 6.40. The molecule has 1 aromatic heterocycles. The van der Waals surface area contributed by atoms with Crippen LogP contribution in [0.4, 0.5) is 5.13 Å². The summed E-state index contributed by atoms with van der Waals surface area (Å²) in [6.07, 6.45) is 1.90. The number of hydrogen-bond acceptors (Lipinski definition) is 6.